The van der Waals surface area contributed by atoms with E-state index >= 15 is 0 Å². The Labute approximate surface area is 110 Å². The van der Waals surface area contributed by atoms with Gasteiger partial charge in [0, 0.05) is 12.5 Å². The van der Waals surface area contributed by atoms with Crippen molar-refractivity contribution in [2.75, 3.05) is 0 Å². The fourth-order valence-corrected chi connectivity index (χ4v) is 1.93. The minimum atomic E-state index is -0.0388. The molecule has 3 N–H and O–H groups in total. The lowest BCUT2D eigenvalue weighted by atomic mass is 10.0. The van der Waals surface area contributed by atoms with E-state index in [-0.39, 0.29) is 18.0 Å². The summed E-state index contributed by atoms with van der Waals surface area (Å²) in [5.74, 6) is 0.0478. The molecule has 1 rings (SSSR count). The lowest BCUT2D eigenvalue weighted by Gasteiger charge is -2.19. The quantitative estimate of drug-likeness (QED) is 0.779. The summed E-state index contributed by atoms with van der Waals surface area (Å²) in [7, 11) is 0. The minimum absolute atomic E-state index is 0.0388. The first-order chi connectivity index (χ1) is 8.67. The zero-order chi connectivity index (χ0) is 13.4. The average molecular weight is 248 g/mol. The van der Waals surface area contributed by atoms with Crippen molar-refractivity contribution in [1.29, 1.82) is 0 Å². The Kier molecular flexibility index (Phi) is 6.44. The summed E-state index contributed by atoms with van der Waals surface area (Å²) in [6, 6.07) is 10.2. The second-order valence-electron chi connectivity index (χ2n) is 4.69. The topological polar surface area (TPSA) is 55.1 Å². The summed E-state index contributed by atoms with van der Waals surface area (Å²) < 4.78 is 0. The Morgan fingerprint density at radius 2 is 1.94 bits per heavy atom. The van der Waals surface area contributed by atoms with E-state index in [1.165, 1.54) is 0 Å². The highest BCUT2D eigenvalue weighted by Crippen LogP contribution is 2.18. The summed E-state index contributed by atoms with van der Waals surface area (Å²) >= 11 is 0. The normalized spacial score (nSPS) is 13.9. The van der Waals surface area contributed by atoms with Gasteiger partial charge in [0.25, 0.3) is 0 Å². The van der Waals surface area contributed by atoms with Gasteiger partial charge < -0.3 is 11.1 Å². The molecule has 1 aromatic rings. The first-order valence-electron chi connectivity index (χ1n) is 6.77. The Bertz CT molecular complexity index is 351. The highest BCUT2D eigenvalue weighted by Gasteiger charge is 2.14. The molecule has 0 aromatic heterocycles. The van der Waals surface area contributed by atoms with Gasteiger partial charge in [0.05, 0.1) is 6.04 Å². The zero-order valence-corrected chi connectivity index (χ0v) is 11.4. The molecule has 0 spiro atoms. The van der Waals surface area contributed by atoms with Gasteiger partial charge in [-0.25, -0.2) is 0 Å². The van der Waals surface area contributed by atoms with E-state index in [2.05, 4.69) is 24.4 Å². The van der Waals surface area contributed by atoms with Gasteiger partial charge in [0.2, 0.25) is 5.91 Å². The maximum absolute atomic E-state index is 11.9. The van der Waals surface area contributed by atoms with Crippen LogP contribution in [-0.4, -0.2) is 11.9 Å². The van der Waals surface area contributed by atoms with Gasteiger partial charge >= 0.3 is 0 Å². The van der Waals surface area contributed by atoms with Crippen molar-refractivity contribution in [3.8, 4) is 0 Å². The second kappa shape index (κ2) is 7.88. The van der Waals surface area contributed by atoms with Crippen LogP contribution in [0.5, 0.6) is 0 Å². The maximum atomic E-state index is 11.9. The van der Waals surface area contributed by atoms with Gasteiger partial charge in [0.1, 0.15) is 0 Å². The summed E-state index contributed by atoms with van der Waals surface area (Å²) in [5.41, 5.74) is 6.97. The molecule has 0 saturated carbocycles. The molecule has 0 aliphatic heterocycles. The Morgan fingerprint density at radius 1 is 1.28 bits per heavy atom. The predicted molar refractivity (Wildman–Crippen MR) is 75.1 cm³/mol. The molecule has 0 aliphatic rings. The molecule has 0 saturated heterocycles. The van der Waals surface area contributed by atoms with Gasteiger partial charge in [0.15, 0.2) is 0 Å². The SMILES string of the molecule is CCCC(NC(=O)CC(N)CC)c1ccccc1. The van der Waals surface area contributed by atoms with Crippen LogP contribution in [0.3, 0.4) is 0 Å². The largest absolute Gasteiger partial charge is 0.349 e. The smallest absolute Gasteiger partial charge is 0.222 e. The number of carbonyl (C=O) groups is 1. The standard InChI is InChI=1S/C15H24N2O/c1-3-8-14(12-9-6-5-7-10-12)17-15(18)11-13(16)4-2/h5-7,9-10,13-14H,3-4,8,11,16H2,1-2H3,(H,17,18). The molecule has 0 radical (unpaired) electrons. The Balaban J connectivity index is 2.61. The first-order valence-corrected chi connectivity index (χ1v) is 6.77. The van der Waals surface area contributed by atoms with Gasteiger partial charge in [-0.2, -0.15) is 0 Å². The molecule has 1 amide bonds. The fraction of sp³-hybridized carbons (Fsp3) is 0.533. The Morgan fingerprint density at radius 3 is 2.50 bits per heavy atom. The van der Waals surface area contributed by atoms with Crippen LogP contribution in [0.2, 0.25) is 0 Å². The van der Waals surface area contributed by atoms with Crippen molar-refractivity contribution in [2.45, 2.75) is 51.6 Å². The van der Waals surface area contributed by atoms with Gasteiger partial charge in [-0.05, 0) is 18.4 Å². The Hall–Kier alpha value is -1.35. The molecule has 2 unspecified atom stereocenters. The van der Waals surface area contributed by atoms with Crippen LogP contribution in [-0.2, 0) is 4.79 Å². The highest BCUT2D eigenvalue weighted by atomic mass is 16.1. The number of nitrogens with one attached hydrogen (secondary N) is 1. The molecule has 18 heavy (non-hydrogen) atoms. The maximum Gasteiger partial charge on any atom is 0.222 e. The van der Waals surface area contributed by atoms with E-state index < -0.39 is 0 Å². The number of nitrogens with two attached hydrogens (primary N) is 1. The van der Waals surface area contributed by atoms with Crippen LogP contribution in [0.1, 0.15) is 51.1 Å². The predicted octanol–water partition coefficient (Wildman–Crippen LogP) is 2.77. The first kappa shape index (κ1) is 14.7. The molecule has 1 aromatic carbocycles. The van der Waals surface area contributed by atoms with Crippen LogP contribution in [0.4, 0.5) is 0 Å². The van der Waals surface area contributed by atoms with E-state index in [9.17, 15) is 4.79 Å². The molecule has 3 nitrogen and oxygen atoms in total. The number of amides is 1. The van der Waals surface area contributed by atoms with Crippen molar-refractivity contribution in [2.24, 2.45) is 5.73 Å². The average Bonchev–Trinajstić information content (AvgIpc) is 2.39. The highest BCUT2D eigenvalue weighted by molar-refractivity contribution is 5.77. The number of hydrogen-bond donors (Lipinski definition) is 2. The molecule has 0 bridgehead atoms. The van der Waals surface area contributed by atoms with Crippen LogP contribution < -0.4 is 11.1 Å². The van der Waals surface area contributed by atoms with Crippen LogP contribution in [0, 0.1) is 0 Å². The second-order valence-corrected chi connectivity index (χ2v) is 4.69. The lowest BCUT2D eigenvalue weighted by molar-refractivity contribution is -0.122. The summed E-state index contributed by atoms with van der Waals surface area (Å²) in [6.07, 6.45) is 3.23. The van der Waals surface area contributed by atoms with Crippen LogP contribution in [0.25, 0.3) is 0 Å². The molecular formula is C15H24N2O. The fourth-order valence-electron chi connectivity index (χ4n) is 1.93. The van der Waals surface area contributed by atoms with Gasteiger partial charge in [-0.1, -0.05) is 50.6 Å². The summed E-state index contributed by atoms with van der Waals surface area (Å²) in [5, 5.41) is 3.08. The third-order valence-electron chi connectivity index (χ3n) is 3.09. The minimum Gasteiger partial charge on any atom is -0.349 e. The molecular weight excluding hydrogens is 224 g/mol. The van der Waals surface area contributed by atoms with Gasteiger partial charge in [-0.15, -0.1) is 0 Å². The van der Waals surface area contributed by atoms with E-state index in [4.69, 9.17) is 5.73 Å². The summed E-state index contributed by atoms with van der Waals surface area (Å²) in [4.78, 5) is 11.9. The summed E-state index contributed by atoms with van der Waals surface area (Å²) in [6.45, 7) is 4.12. The van der Waals surface area contributed by atoms with Crippen molar-refractivity contribution in [3.05, 3.63) is 35.9 Å². The van der Waals surface area contributed by atoms with Crippen molar-refractivity contribution in [3.63, 3.8) is 0 Å². The van der Waals surface area contributed by atoms with Crippen LogP contribution in [0.15, 0.2) is 30.3 Å². The van der Waals surface area contributed by atoms with E-state index in [1.54, 1.807) is 0 Å². The number of carbonyl (C=O) groups excluding carboxylic acids is 1. The van der Waals surface area contributed by atoms with Crippen LogP contribution >= 0.6 is 0 Å². The third kappa shape index (κ3) is 4.88. The third-order valence-corrected chi connectivity index (χ3v) is 3.09. The number of benzene rings is 1. The monoisotopic (exact) mass is 248 g/mol. The van der Waals surface area contributed by atoms with Crippen molar-refractivity contribution < 1.29 is 4.79 Å². The van der Waals surface area contributed by atoms with Crippen molar-refractivity contribution >= 4 is 5.91 Å². The molecule has 3 heteroatoms. The molecule has 100 valence electrons. The lowest BCUT2D eigenvalue weighted by Crippen LogP contribution is -2.33. The van der Waals surface area contributed by atoms with E-state index in [0.29, 0.717) is 6.42 Å². The van der Waals surface area contributed by atoms with Crippen molar-refractivity contribution in [1.82, 2.24) is 5.32 Å². The van der Waals surface area contributed by atoms with E-state index in [1.807, 2.05) is 25.1 Å². The zero-order valence-electron chi connectivity index (χ0n) is 11.4. The number of hydrogen-bond acceptors (Lipinski definition) is 2. The van der Waals surface area contributed by atoms with E-state index in [0.717, 1.165) is 24.8 Å². The molecule has 0 heterocycles. The molecule has 0 aliphatic carbocycles. The molecule has 2 atom stereocenters. The number of rotatable bonds is 7. The molecule has 0 fully saturated rings. The van der Waals surface area contributed by atoms with Gasteiger partial charge in [-0.3, -0.25) is 4.79 Å².